The fourth-order valence-corrected chi connectivity index (χ4v) is 2.96. The third kappa shape index (κ3) is 6.64. The molecule has 6 nitrogen and oxygen atoms in total. The number of furan rings is 1. The Kier molecular flexibility index (Phi) is 7.59. The minimum Gasteiger partial charge on any atom is -0.492 e. The largest absolute Gasteiger partial charge is 0.492 e. The highest BCUT2D eigenvalue weighted by molar-refractivity contribution is 5.79. The van der Waals surface area contributed by atoms with Crippen LogP contribution in [0, 0.1) is 0 Å². The van der Waals surface area contributed by atoms with E-state index >= 15 is 0 Å². The predicted molar refractivity (Wildman–Crippen MR) is 106 cm³/mol. The maximum atomic E-state index is 5.80. The van der Waals surface area contributed by atoms with Crippen LogP contribution in [0.1, 0.15) is 18.6 Å². The fourth-order valence-electron chi connectivity index (χ4n) is 2.96. The highest BCUT2D eigenvalue weighted by Gasteiger charge is 2.16. The Morgan fingerprint density at radius 2 is 2.15 bits per heavy atom. The van der Waals surface area contributed by atoms with Gasteiger partial charge in [-0.2, -0.15) is 0 Å². The molecule has 1 aliphatic heterocycles. The molecule has 27 heavy (non-hydrogen) atoms. The van der Waals surface area contributed by atoms with Crippen molar-refractivity contribution < 1.29 is 13.9 Å². The number of ether oxygens (including phenoxy) is 2. The summed E-state index contributed by atoms with van der Waals surface area (Å²) in [4.78, 5) is 6.87. The van der Waals surface area contributed by atoms with Crippen molar-refractivity contribution >= 4 is 5.96 Å². The predicted octanol–water partition coefficient (Wildman–Crippen LogP) is 2.96. The lowest BCUT2D eigenvalue weighted by atomic mass is 10.2. The first-order valence-corrected chi connectivity index (χ1v) is 9.62. The molecule has 0 saturated carbocycles. The van der Waals surface area contributed by atoms with Gasteiger partial charge in [0.2, 0.25) is 0 Å². The van der Waals surface area contributed by atoms with Crippen LogP contribution in [-0.2, 0) is 11.2 Å². The van der Waals surface area contributed by atoms with Crippen LogP contribution in [0.3, 0.4) is 0 Å². The Morgan fingerprint density at radius 1 is 1.26 bits per heavy atom. The second-order valence-electron chi connectivity index (χ2n) is 6.64. The van der Waals surface area contributed by atoms with Gasteiger partial charge in [0.05, 0.1) is 25.5 Å². The maximum absolute atomic E-state index is 5.80. The number of likely N-dealkylation sites (N-methyl/N-ethyl adjacent to an activating group) is 1. The van der Waals surface area contributed by atoms with Gasteiger partial charge >= 0.3 is 0 Å². The minimum absolute atomic E-state index is 0.237. The minimum atomic E-state index is 0.237. The number of hydrogen-bond acceptors (Lipinski definition) is 4. The van der Waals surface area contributed by atoms with Crippen LogP contribution >= 0.6 is 0 Å². The van der Waals surface area contributed by atoms with Crippen molar-refractivity contribution in [2.45, 2.75) is 25.4 Å². The topological polar surface area (TPSA) is 59.2 Å². The molecule has 1 N–H and O–H groups in total. The Morgan fingerprint density at radius 3 is 2.89 bits per heavy atom. The van der Waals surface area contributed by atoms with Crippen molar-refractivity contribution in [1.29, 1.82) is 0 Å². The van der Waals surface area contributed by atoms with Crippen molar-refractivity contribution in [3.8, 4) is 5.75 Å². The zero-order valence-corrected chi connectivity index (χ0v) is 16.0. The van der Waals surface area contributed by atoms with Gasteiger partial charge in [-0.15, -0.1) is 0 Å². The fraction of sp³-hybridized carbons (Fsp3) is 0.476. The van der Waals surface area contributed by atoms with Crippen LogP contribution in [0.25, 0.3) is 0 Å². The van der Waals surface area contributed by atoms with Gasteiger partial charge in [0.25, 0.3) is 0 Å². The van der Waals surface area contributed by atoms with Gasteiger partial charge in [-0.05, 0) is 37.1 Å². The summed E-state index contributed by atoms with van der Waals surface area (Å²) in [6.07, 6.45) is 4.97. The monoisotopic (exact) mass is 371 g/mol. The summed E-state index contributed by atoms with van der Waals surface area (Å²) < 4.78 is 16.9. The molecule has 6 heteroatoms. The zero-order valence-electron chi connectivity index (χ0n) is 16.0. The molecule has 2 heterocycles. The lowest BCUT2D eigenvalue weighted by molar-refractivity contribution is 0.117. The standard InChI is InChI=1S/C21H29N3O3/c1-24(13-16-27-18-7-3-2-4-8-18)21(23-17-20-10-6-15-26-20)22-12-11-19-9-5-14-25-19/h2-5,7-9,14,20H,6,10-13,15-17H2,1H3,(H,22,23). The highest BCUT2D eigenvalue weighted by Crippen LogP contribution is 2.12. The molecule has 0 amide bonds. The van der Waals surface area contributed by atoms with Gasteiger partial charge in [-0.1, -0.05) is 18.2 Å². The molecule has 0 radical (unpaired) electrons. The molecule has 146 valence electrons. The molecule has 0 bridgehead atoms. The number of hydrogen-bond donors (Lipinski definition) is 1. The summed E-state index contributed by atoms with van der Waals surface area (Å²) in [6.45, 7) is 3.64. The van der Waals surface area contributed by atoms with E-state index in [4.69, 9.17) is 18.9 Å². The molecule has 1 atom stereocenters. The van der Waals surface area contributed by atoms with Crippen molar-refractivity contribution in [2.24, 2.45) is 4.99 Å². The van der Waals surface area contributed by atoms with Gasteiger partial charge in [-0.3, -0.25) is 4.99 Å². The third-order valence-corrected chi connectivity index (χ3v) is 4.50. The molecule has 3 rings (SSSR count). The molecule has 1 aliphatic rings. The molecule has 1 aromatic heterocycles. The number of para-hydroxylation sites is 1. The van der Waals surface area contributed by atoms with Crippen molar-refractivity contribution in [2.75, 3.05) is 39.9 Å². The first-order valence-electron chi connectivity index (χ1n) is 9.62. The Balaban J connectivity index is 1.49. The van der Waals surface area contributed by atoms with Gasteiger partial charge in [0.15, 0.2) is 5.96 Å². The van der Waals surface area contributed by atoms with E-state index in [9.17, 15) is 0 Å². The average Bonchev–Trinajstić information content (AvgIpc) is 3.39. The second kappa shape index (κ2) is 10.6. The molecule has 1 aromatic carbocycles. The second-order valence-corrected chi connectivity index (χ2v) is 6.64. The van der Waals surface area contributed by atoms with Crippen LogP contribution in [0.4, 0.5) is 0 Å². The smallest absolute Gasteiger partial charge is 0.193 e. The Labute approximate surface area is 161 Å². The summed E-state index contributed by atoms with van der Waals surface area (Å²) in [5, 5.41) is 3.44. The Hall–Kier alpha value is -2.47. The molecule has 1 unspecified atom stereocenters. The van der Waals surface area contributed by atoms with Crippen LogP contribution in [0.5, 0.6) is 5.75 Å². The molecule has 1 fully saturated rings. The number of nitrogens with one attached hydrogen (secondary N) is 1. The first kappa shape index (κ1) is 19.3. The van der Waals surface area contributed by atoms with Gasteiger partial charge < -0.3 is 24.1 Å². The molecule has 2 aromatic rings. The number of guanidine groups is 1. The van der Waals surface area contributed by atoms with Gasteiger partial charge in [0, 0.05) is 26.6 Å². The molecular weight excluding hydrogens is 342 g/mol. The van der Waals surface area contributed by atoms with E-state index in [1.807, 2.05) is 49.5 Å². The number of aliphatic imine (C=N–C) groups is 1. The van der Waals surface area contributed by atoms with E-state index in [1.54, 1.807) is 6.26 Å². The van der Waals surface area contributed by atoms with Crippen molar-refractivity contribution in [3.05, 3.63) is 54.5 Å². The zero-order chi connectivity index (χ0) is 18.7. The quantitative estimate of drug-likeness (QED) is 0.542. The molecular formula is C21H29N3O3. The summed E-state index contributed by atoms with van der Waals surface area (Å²) in [5.74, 6) is 2.72. The van der Waals surface area contributed by atoms with Gasteiger partial charge in [0.1, 0.15) is 18.1 Å². The van der Waals surface area contributed by atoms with Crippen molar-refractivity contribution in [1.82, 2.24) is 10.2 Å². The Bertz CT molecular complexity index is 667. The third-order valence-electron chi connectivity index (χ3n) is 4.50. The number of nitrogens with zero attached hydrogens (tertiary/aromatic N) is 2. The lowest BCUT2D eigenvalue weighted by Gasteiger charge is -2.23. The van der Waals surface area contributed by atoms with Crippen LogP contribution in [0.2, 0.25) is 0 Å². The van der Waals surface area contributed by atoms with E-state index in [0.29, 0.717) is 13.2 Å². The number of benzene rings is 1. The van der Waals surface area contributed by atoms with Gasteiger partial charge in [-0.25, -0.2) is 0 Å². The van der Waals surface area contributed by atoms with E-state index in [-0.39, 0.29) is 6.10 Å². The van der Waals surface area contributed by atoms with E-state index in [2.05, 4.69) is 10.2 Å². The van der Waals surface area contributed by atoms with Crippen LogP contribution in [-0.4, -0.2) is 56.9 Å². The summed E-state index contributed by atoms with van der Waals surface area (Å²) in [5.41, 5.74) is 0. The van der Waals surface area contributed by atoms with E-state index in [0.717, 1.165) is 56.4 Å². The summed E-state index contributed by atoms with van der Waals surface area (Å²) in [6, 6.07) is 13.8. The van der Waals surface area contributed by atoms with E-state index < -0.39 is 0 Å². The SMILES string of the molecule is CN(CCOc1ccccc1)C(=NCC1CCCO1)NCCc1ccco1. The van der Waals surface area contributed by atoms with Crippen molar-refractivity contribution in [3.63, 3.8) is 0 Å². The number of rotatable bonds is 9. The average molecular weight is 371 g/mol. The maximum Gasteiger partial charge on any atom is 0.193 e. The lowest BCUT2D eigenvalue weighted by Crippen LogP contribution is -2.42. The molecule has 1 saturated heterocycles. The summed E-state index contributed by atoms with van der Waals surface area (Å²) >= 11 is 0. The molecule has 0 aliphatic carbocycles. The van der Waals surface area contributed by atoms with E-state index in [1.165, 1.54) is 0 Å². The molecule has 0 spiro atoms. The first-order chi connectivity index (χ1) is 13.3. The van der Waals surface area contributed by atoms with Crippen LogP contribution in [0.15, 0.2) is 58.1 Å². The summed E-state index contributed by atoms with van der Waals surface area (Å²) in [7, 11) is 2.03. The normalized spacial score (nSPS) is 17.1. The van der Waals surface area contributed by atoms with Crippen LogP contribution < -0.4 is 10.1 Å². The highest BCUT2D eigenvalue weighted by atomic mass is 16.5.